The van der Waals surface area contributed by atoms with Gasteiger partial charge in [0.15, 0.2) is 0 Å². The highest BCUT2D eigenvalue weighted by Gasteiger charge is 2.26. The maximum Gasteiger partial charge on any atom is 0.111 e. The van der Waals surface area contributed by atoms with Crippen LogP contribution in [0.2, 0.25) is 0 Å². The topological polar surface area (TPSA) is 41.5 Å². The predicted molar refractivity (Wildman–Crippen MR) is 43.2 cm³/mol. The smallest absolute Gasteiger partial charge is 0.111 e. The van der Waals surface area contributed by atoms with Gasteiger partial charge in [-0.05, 0) is 12.3 Å². The van der Waals surface area contributed by atoms with Crippen molar-refractivity contribution in [1.82, 2.24) is 5.32 Å². The second-order valence-corrected chi connectivity index (χ2v) is 3.16. The Hall–Kier alpha value is -0.120. The summed E-state index contributed by atoms with van der Waals surface area (Å²) < 4.78 is 5.50. The average molecular weight is 159 g/mol. The van der Waals surface area contributed by atoms with Gasteiger partial charge in [0.05, 0.1) is 12.7 Å². The maximum atomic E-state index is 8.77. The lowest BCUT2D eigenvalue weighted by molar-refractivity contribution is -0.0143. The number of aliphatic hydroxyl groups is 1. The molecule has 1 heterocycles. The molecule has 1 saturated heterocycles. The normalized spacial score (nSPS) is 34.1. The van der Waals surface area contributed by atoms with E-state index < -0.39 is 0 Å². The maximum absolute atomic E-state index is 8.77. The van der Waals surface area contributed by atoms with Crippen LogP contribution in [0.15, 0.2) is 0 Å². The first-order valence-corrected chi connectivity index (χ1v) is 4.27. The highest BCUT2D eigenvalue weighted by Crippen LogP contribution is 2.15. The van der Waals surface area contributed by atoms with Gasteiger partial charge in [0.2, 0.25) is 0 Å². The summed E-state index contributed by atoms with van der Waals surface area (Å²) in [5.74, 6) is 0.534. The van der Waals surface area contributed by atoms with E-state index in [0.29, 0.717) is 5.92 Å². The number of ether oxygens (including phenoxy) is 1. The molecule has 2 N–H and O–H groups in total. The predicted octanol–water partition coefficient (Wildman–Crippen LogP) is 0.339. The minimum Gasteiger partial charge on any atom is -0.394 e. The second-order valence-electron chi connectivity index (χ2n) is 3.16. The van der Waals surface area contributed by atoms with Gasteiger partial charge in [-0.1, -0.05) is 13.8 Å². The molecule has 1 fully saturated rings. The minimum atomic E-state index is 0.00833. The molecule has 3 unspecified atom stereocenters. The Morgan fingerprint density at radius 3 is 2.91 bits per heavy atom. The molecule has 0 spiro atoms. The lowest BCUT2D eigenvalue weighted by Crippen LogP contribution is -2.29. The molecule has 0 radical (unpaired) electrons. The molecule has 3 heteroatoms. The van der Waals surface area contributed by atoms with Gasteiger partial charge in [0, 0.05) is 6.54 Å². The summed E-state index contributed by atoms with van der Waals surface area (Å²) in [5.41, 5.74) is 0. The van der Waals surface area contributed by atoms with E-state index in [2.05, 4.69) is 19.2 Å². The third-order valence-corrected chi connectivity index (χ3v) is 2.25. The van der Waals surface area contributed by atoms with Gasteiger partial charge >= 0.3 is 0 Å². The van der Waals surface area contributed by atoms with Gasteiger partial charge in [-0.3, -0.25) is 5.32 Å². The first-order chi connectivity index (χ1) is 5.27. The van der Waals surface area contributed by atoms with Crippen molar-refractivity contribution in [2.24, 2.45) is 5.92 Å². The van der Waals surface area contributed by atoms with Crippen LogP contribution in [0.3, 0.4) is 0 Å². The van der Waals surface area contributed by atoms with E-state index in [-0.39, 0.29) is 18.9 Å². The van der Waals surface area contributed by atoms with E-state index in [0.717, 1.165) is 13.0 Å². The van der Waals surface area contributed by atoms with E-state index >= 15 is 0 Å². The van der Waals surface area contributed by atoms with E-state index in [4.69, 9.17) is 9.84 Å². The second kappa shape index (κ2) is 4.04. The van der Waals surface area contributed by atoms with Crippen molar-refractivity contribution in [2.75, 3.05) is 13.2 Å². The summed E-state index contributed by atoms with van der Waals surface area (Å²) in [7, 11) is 0. The average Bonchev–Trinajstić information content (AvgIpc) is 2.50. The van der Waals surface area contributed by atoms with Crippen LogP contribution in [-0.2, 0) is 4.74 Å². The Labute approximate surface area is 67.7 Å². The Bertz CT molecular complexity index is 119. The van der Waals surface area contributed by atoms with Gasteiger partial charge in [-0.2, -0.15) is 0 Å². The summed E-state index contributed by atoms with van der Waals surface area (Å²) in [6, 6.07) is 0. The number of hydrogen-bond acceptors (Lipinski definition) is 3. The Morgan fingerprint density at radius 2 is 2.45 bits per heavy atom. The molecule has 1 rings (SSSR count). The van der Waals surface area contributed by atoms with Crippen LogP contribution in [0, 0.1) is 5.92 Å². The molecule has 0 aliphatic carbocycles. The van der Waals surface area contributed by atoms with Crippen LogP contribution in [0.1, 0.15) is 20.3 Å². The molecule has 0 aromatic carbocycles. The highest BCUT2D eigenvalue weighted by molar-refractivity contribution is 4.75. The Morgan fingerprint density at radius 1 is 1.73 bits per heavy atom. The third-order valence-electron chi connectivity index (χ3n) is 2.25. The van der Waals surface area contributed by atoms with Gasteiger partial charge in [-0.15, -0.1) is 0 Å². The standard InChI is InChI=1S/C8H17NO2/c1-3-6(2)8-9-4-7(5-10)11-8/h6-10H,3-5H2,1-2H3. The first-order valence-electron chi connectivity index (χ1n) is 4.27. The van der Waals surface area contributed by atoms with E-state index in [1.54, 1.807) is 0 Å². The molecule has 1 aliphatic heterocycles. The zero-order chi connectivity index (χ0) is 8.27. The van der Waals surface area contributed by atoms with Crippen LogP contribution < -0.4 is 5.32 Å². The number of hydrogen-bond donors (Lipinski definition) is 2. The fourth-order valence-electron chi connectivity index (χ4n) is 1.21. The molecule has 0 bridgehead atoms. The van der Waals surface area contributed by atoms with Gasteiger partial charge < -0.3 is 9.84 Å². The fraction of sp³-hybridized carbons (Fsp3) is 1.00. The first kappa shape index (κ1) is 8.97. The Kier molecular flexibility index (Phi) is 3.30. The van der Waals surface area contributed by atoms with Crippen molar-refractivity contribution in [3.63, 3.8) is 0 Å². The number of aliphatic hydroxyl groups excluding tert-OH is 1. The molecule has 0 amide bonds. The molecule has 0 aromatic rings. The van der Waals surface area contributed by atoms with E-state index in [1.807, 2.05) is 0 Å². The molecular formula is C8H17NO2. The zero-order valence-corrected chi connectivity index (χ0v) is 7.21. The van der Waals surface area contributed by atoms with Crippen LogP contribution in [0.5, 0.6) is 0 Å². The SMILES string of the molecule is CCC(C)C1NCC(CO)O1. The van der Waals surface area contributed by atoms with Crippen molar-refractivity contribution in [2.45, 2.75) is 32.6 Å². The zero-order valence-electron chi connectivity index (χ0n) is 7.21. The lowest BCUT2D eigenvalue weighted by Gasteiger charge is -2.17. The summed E-state index contributed by atoms with van der Waals surface area (Å²) in [6.45, 7) is 5.20. The largest absolute Gasteiger partial charge is 0.394 e. The summed E-state index contributed by atoms with van der Waals surface area (Å²) >= 11 is 0. The monoisotopic (exact) mass is 159 g/mol. The van der Waals surface area contributed by atoms with Gasteiger partial charge in [-0.25, -0.2) is 0 Å². The molecular weight excluding hydrogens is 142 g/mol. The van der Waals surface area contributed by atoms with Gasteiger partial charge in [0.25, 0.3) is 0 Å². The summed E-state index contributed by atoms with van der Waals surface area (Å²) in [6.07, 6.45) is 1.27. The Balaban J connectivity index is 2.29. The molecule has 3 atom stereocenters. The van der Waals surface area contributed by atoms with Gasteiger partial charge in [0.1, 0.15) is 6.23 Å². The van der Waals surface area contributed by atoms with Crippen molar-refractivity contribution in [1.29, 1.82) is 0 Å². The molecule has 11 heavy (non-hydrogen) atoms. The van der Waals surface area contributed by atoms with Crippen LogP contribution in [0.4, 0.5) is 0 Å². The van der Waals surface area contributed by atoms with Crippen LogP contribution in [0.25, 0.3) is 0 Å². The molecule has 0 saturated carbocycles. The minimum absolute atomic E-state index is 0.00833. The third kappa shape index (κ3) is 2.15. The van der Waals surface area contributed by atoms with E-state index in [1.165, 1.54) is 0 Å². The van der Waals surface area contributed by atoms with Crippen molar-refractivity contribution >= 4 is 0 Å². The molecule has 1 aliphatic rings. The molecule has 3 nitrogen and oxygen atoms in total. The molecule has 66 valence electrons. The highest BCUT2D eigenvalue weighted by atomic mass is 16.5. The fourth-order valence-corrected chi connectivity index (χ4v) is 1.21. The number of nitrogens with one attached hydrogen (secondary N) is 1. The van der Waals surface area contributed by atoms with Crippen molar-refractivity contribution in [3.05, 3.63) is 0 Å². The quantitative estimate of drug-likeness (QED) is 0.624. The van der Waals surface area contributed by atoms with Crippen molar-refractivity contribution in [3.8, 4) is 0 Å². The summed E-state index contributed by atoms with van der Waals surface area (Å²) in [4.78, 5) is 0. The number of rotatable bonds is 3. The molecule has 0 aromatic heterocycles. The summed E-state index contributed by atoms with van der Waals surface area (Å²) in [5, 5.41) is 12.0. The van der Waals surface area contributed by atoms with Crippen LogP contribution in [-0.4, -0.2) is 30.6 Å². The lowest BCUT2D eigenvalue weighted by atomic mass is 10.1. The van der Waals surface area contributed by atoms with E-state index in [9.17, 15) is 0 Å². The van der Waals surface area contributed by atoms with Crippen molar-refractivity contribution < 1.29 is 9.84 Å². The van der Waals surface area contributed by atoms with Crippen LogP contribution >= 0.6 is 0 Å².